The minimum atomic E-state index is -1.69. The Kier molecular flexibility index (Phi) is 8.00. The van der Waals surface area contributed by atoms with Crippen molar-refractivity contribution in [1.82, 2.24) is 10.2 Å². The number of β-lactam (4-membered cyclic amide) rings is 1. The van der Waals surface area contributed by atoms with E-state index in [0.717, 1.165) is 0 Å². The third-order valence-corrected chi connectivity index (χ3v) is 7.44. The Hall–Kier alpha value is -3.61. The maximum atomic E-state index is 13.3. The van der Waals surface area contributed by atoms with E-state index in [1.807, 2.05) is 6.07 Å². The molecule has 37 heavy (non-hydrogen) atoms. The summed E-state index contributed by atoms with van der Waals surface area (Å²) in [6, 6.07) is 14.3. The molecule has 1 fully saturated rings. The average Bonchev–Trinajstić information content (AvgIpc) is 2.93. The summed E-state index contributed by atoms with van der Waals surface area (Å²) in [5, 5.41) is 12.7. The predicted molar refractivity (Wildman–Crippen MR) is 134 cm³/mol. The highest BCUT2D eigenvalue weighted by molar-refractivity contribution is 8.00. The van der Waals surface area contributed by atoms with E-state index in [1.54, 1.807) is 24.3 Å². The van der Waals surface area contributed by atoms with E-state index in [1.165, 1.54) is 48.0 Å². The lowest BCUT2D eigenvalue weighted by Gasteiger charge is -2.55. The number of fused-ring (bicyclic) bond motifs is 1. The maximum absolute atomic E-state index is 13.3. The first-order valence-electron chi connectivity index (χ1n) is 11.0. The highest BCUT2D eigenvalue weighted by atomic mass is 35.5. The third kappa shape index (κ3) is 5.26. The number of para-hydroxylation sites is 1. The van der Waals surface area contributed by atoms with Crippen LogP contribution in [0.4, 0.5) is 5.69 Å². The molecule has 2 aromatic rings. The van der Waals surface area contributed by atoms with Gasteiger partial charge < -0.3 is 19.5 Å². The molecule has 2 aliphatic rings. The summed E-state index contributed by atoms with van der Waals surface area (Å²) in [5.41, 5.74) is -0.765. The number of amides is 2. The molecule has 13 heteroatoms. The fraction of sp³-hybridized carbons (Fsp3) is 0.292. The first-order chi connectivity index (χ1) is 17.8. The number of hydrogen-bond acceptors (Lipinski definition) is 9. The number of esters is 1. The molecule has 2 aromatic carbocycles. The summed E-state index contributed by atoms with van der Waals surface area (Å²) in [6.45, 7) is -0.509. The molecule has 1 saturated heterocycles. The molecule has 0 saturated carbocycles. The summed E-state index contributed by atoms with van der Waals surface area (Å²) >= 11 is 7.35. The number of ether oxygens (including phenoxy) is 3. The zero-order valence-corrected chi connectivity index (χ0v) is 21.1. The standard InChI is InChI=1S/C24H22ClN3O8S/c1-34-24(26-19(29)13-35-18-5-3-2-4-6-18)22(31)27-20(16(11-25)14-37-23(24)27)21(30)36-12-15-7-9-17(10-8-15)28(32)33/h2-10,23H,11-14H2,1H3,(H,26,29)/t23-,24?/m0/s1. The topological polar surface area (TPSA) is 137 Å². The van der Waals surface area contributed by atoms with Crippen LogP contribution in [0.1, 0.15) is 5.56 Å². The van der Waals surface area contributed by atoms with Gasteiger partial charge in [-0.05, 0) is 35.4 Å². The van der Waals surface area contributed by atoms with Gasteiger partial charge >= 0.3 is 5.97 Å². The molecule has 0 aromatic heterocycles. The lowest BCUT2D eigenvalue weighted by atomic mass is 9.98. The summed E-state index contributed by atoms with van der Waals surface area (Å²) in [4.78, 5) is 50.4. The van der Waals surface area contributed by atoms with Crippen molar-refractivity contribution in [1.29, 1.82) is 0 Å². The van der Waals surface area contributed by atoms with Gasteiger partial charge in [0.1, 0.15) is 23.4 Å². The Morgan fingerprint density at radius 2 is 1.92 bits per heavy atom. The first kappa shape index (κ1) is 26.5. The van der Waals surface area contributed by atoms with Crippen LogP contribution in [-0.4, -0.2) is 64.1 Å². The van der Waals surface area contributed by atoms with E-state index in [0.29, 0.717) is 22.6 Å². The summed E-state index contributed by atoms with van der Waals surface area (Å²) < 4.78 is 16.3. The lowest BCUT2D eigenvalue weighted by molar-refractivity contribution is -0.384. The first-order valence-corrected chi connectivity index (χ1v) is 12.6. The van der Waals surface area contributed by atoms with E-state index < -0.39 is 33.8 Å². The van der Waals surface area contributed by atoms with Gasteiger partial charge in [0.2, 0.25) is 0 Å². The molecule has 2 heterocycles. The largest absolute Gasteiger partial charge is 0.484 e. The second-order valence-electron chi connectivity index (χ2n) is 8.01. The highest BCUT2D eigenvalue weighted by Crippen LogP contribution is 2.47. The number of nitrogens with one attached hydrogen (secondary N) is 1. The number of hydrogen-bond donors (Lipinski definition) is 1. The minimum absolute atomic E-state index is 0.00637. The van der Waals surface area contributed by atoms with Gasteiger partial charge in [0.25, 0.3) is 23.2 Å². The van der Waals surface area contributed by atoms with Gasteiger partial charge in [0.05, 0.1) is 4.92 Å². The Morgan fingerprint density at radius 3 is 2.54 bits per heavy atom. The predicted octanol–water partition coefficient (Wildman–Crippen LogP) is 2.58. The number of rotatable bonds is 10. The van der Waals surface area contributed by atoms with Crippen molar-refractivity contribution in [2.75, 3.05) is 25.3 Å². The van der Waals surface area contributed by atoms with Crippen molar-refractivity contribution in [2.45, 2.75) is 17.7 Å². The molecule has 1 N–H and O–H groups in total. The van der Waals surface area contributed by atoms with E-state index >= 15 is 0 Å². The number of thioether (sulfide) groups is 1. The van der Waals surface area contributed by atoms with Crippen LogP contribution in [0.5, 0.6) is 5.75 Å². The van der Waals surface area contributed by atoms with Crippen molar-refractivity contribution in [3.8, 4) is 5.75 Å². The fourth-order valence-corrected chi connectivity index (χ4v) is 5.65. The van der Waals surface area contributed by atoms with Gasteiger partial charge in [-0.3, -0.25) is 24.6 Å². The van der Waals surface area contributed by atoms with Gasteiger partial charge in [-0.25, -0.2) is 4.79 Å². The Morgan fingerprint density at radius 1 is 1.22 bits per heavy atom. The van der Waals surface area contributed by atoms with Gasteiger partial charge in [-0.2, -0.15) is 0 Å². The Balaban J connectivity index is 1.44. The molecule has 194 valence electrons. The molecule has 0 radical (unpaired) electrons. The summed E-state index contributed by atoms with van der Waals surface area (Å²) in [5.74, 6) is -1.22. The van der Waals surface area contributed by atoms with Crippen LogP contribution < -0.4 is 10.1 Å². The number of nitrogens with zero attached hydrogens (tertiary/aromatic N) is 2. The van der Waals surface area contributed by atoms with Crippen molar-refractivity contribution in [2.24, 2.45) is 0 Å². The fourth-order valence-electron chi connectivity index (χ4n) is 3.87. The quantitative estimate of drug-likeness (QED) is 0.119. The molecule has 4 rings (SSSR count). The monoisotopic (exact) mass is 547 g/mol. The summed E-state index contributed by atoms with van der Waals surface area (Å²) in [7, 11) is 1.29. The molecule has 2 amide bonds. The van der Waals surface area contributed by atoms with Crippen LogP contribution in [-0.2, 0) is 30.5 Å². The van der Waals surface area contributed by atoms with Crippen LogP contribution in [0.2, 0.25) is 0 Å². The van der Waals surface area contributed by atoms with Crippen molar-refractivity contribution in [3.05, 3.63) is 81.5 Å². The van der Waals surface area contributed by atoms with Crippen molar-refractivity contribution in [3.63, 3.8) is 0 Å². The van der Waals surface area contributed by atoms with Crippen LogP contribution in [0.25, 0.3) is 0 Å². The van der Waals surface area contributed by atoms with Gasteiger partial charge in [-0.1, -0.05) is 18.2 Å². The van der Waals surface area contributed by atoms with E-state index in [9.17, 15) is 24.5 Å². The van der Waals surface area contributed by atoms with E-state index in [-0.39, 0.29) is 30.5 Å². The maximum Gasteiger partial charge on any atom is 0.355 e. The van der Waals surface area contributed by atoms with Crippen LogP contribution in [0, 0.1) is 10.1 Å². The number of alkyl halides is 1. The second-order valence-corrected chi connectivity index (χ2v) is 9.35. The van der Waals surface area contributed by atoms with E-state index in [2.05, 4.69) is 5.32 Å². The molecule has 0 bridgehead atoms. The van der Waals surface area contributed by atoms with Gasteiger partial charge in [0.15, 0.2) is 6.61 Å². The number of halogens is 1. The zero-order chi connectivity index (χ0) is 26.6. The Labute approximate surface area is 220 Å². The smallest absolute Gasteiger partial charge is 0.355 e. The van der Waals surface area contributed by atoms with Gasteiger partial charge in [0, 0.05) is 30.9 Å². The number of benzene rings is 2. The zero-order valence-electron chi connectivity index (χ0n) is 19.5. The molecular weight excluding hydrogens is 526 g/mol. The van der Waals surface area contributed by atoms with Crippen LogP contribution in [0.3, 0.4) is 0 Å². The third-order valence-electron chi connectivity index (χ3n) is 5.74. The molecule has 2 atom stereocenters. The number of non-ortho nitro benzene ring substituents is 1. The van der Waals surface area contributed by atoms with Crippen molar-refractivity contribution < 1.29 is 33.5 Å². The van der Waals surface area contributed by atoms with E-state index in [4.69, 9.17) is 25.8 Å². The van der Waals surface area contributed by atoms with Gasteiger partial charge in [-0.15, -0.1) is 23.4 Å². The number of carbonyl (C=O) groups is 3. The van der Waals surface area contributed by atoms with Crippen LogP contribution in [0.15, 0.2) is 65.9 Å². The number of methoxy groups -OCH3 is 1. The average molecular weight is 548 g/mol. The summed E-state index contributed by atoms with van der Waals surface area (Å²) in [6.07, 6.45) is 0. The lowest BCUT2D eigenvalue weighted by Crippen LogP contribution is -2.81. The molecule has 1 unspecified atom stereocenters. The van der Waals surface area contributed by atoms with Crippen molar-refractivity contribution >= 4 is 46.8 Å². The Bertz CT molecular complexity index is 1240. The highest BCUT2D eigenvalue weighted by Gasteiger charge is 2.66. The SMILES string of the molecule is COC1(NC(=O)COc2ccccc2)C(=O)N2C(C(=O)OCc3ccc([N+](=O)[O-])cc3)=C(CCl)CS[C@H]21. The van der Waals surface area contributed by atoms with Crippen LogP contribution >= 0.6 is 23.4 Å². The molecule has 0 aliphatic carbocycles. The molecular formula is C24H22ClN3O8S. The number of carbonyl (C=O) groups excluding carboxylic acids is 3. The number of nitro benzene ring substituents is 1. The normalized spacial score (nSPS) is 20.5. The second kappa shape index (κ2) is 11.2. The molecule has 0 spiro atoms. The molecule has 2 aliphatic heterocycles. The number of nitro groups is 1. The minimum Gasteiger partial charge on any atom is -0.484 e. The molecule has 11 nitrogen and oxygen atoms in total.